The van der Waals surface area contributed by atoms with Gasteiger partial charge in [-0.1, -0.05) is 40.7 Å². The van der Waals surface area contributed by atoms with Gasteiger partial charge < -0.3 is 25.2 Å². The number of hydrogen-bond donors (Lipinski definition) is 4. The number of fused-ring (bicyclic) bond motifs is 5. The van der Waals surface area contributed by atoms with Gasteiger partial charge in [-0.2, -0.15) is 0 Å². The number of carbonyl (C=O) groups is 1. The van der Waals surface area contributed by atoms with Crippen LogP contribution in [0.2, 0.25) is 0 Å². The molecule has 4 N–H and O–H groups in total. The van der Waals surface area contributed by atoms with Gasteiger partial charge in [0.2, 0.25) is 0 Å². The van der Waals surface area contributed by atoms with E-state index in [4.69, 9.17) is 7.85 Å². The highest BCUT2D eigenvalue weighted by atomic mass is 16.5. The fourth-order valence-electron chi connectivity index (χ4n) is 8.77. The summed E-state index contributed by atoms with van der Waals surface area (Å²) in [4.78, 5) is 11.5. The Kier molecular flexibility index (Phi) is 7.39. The quantitative estimate of drug-likeness (QED) is 0.279. The van der Waals surface area contributed by atoms with Crippen LogP contribution in [0.4, 0.5) is 0 Å². The van der Waals surface area contributed by atoms with Crippen LogP contribution in [0.3, 0.4) is 0 Å². The van der Waals surface area contributed by atoms with E-state index in [0.29, 0.717) is 35.7 Å². The van der Waals surface area contributed by atoms with E-state index in [-0.39, 0.29) is 23.5 Å². The van der Waals surface area contributed by atoms with Crippen molar-refractivity contribution < 1.29 is 25.2 Å². The molecule has 0 aromatic rings. The molecular formula is C28H47BO5. The second kappa shape index (κ2) is 9.01. The van der Waals surface area contributed by atoms with Gasteiger partial charge >= 0.3 is 0 Å². The molecule has 34 heavy (non-hydrogen) atoms. The highest BCUT2D eigenvalue weighted by molar-refractivity contribution is 6.18. The Bertz CT molecular complexity index is 818. The fraction of sp³-hybridized carbons (Fsp3) is 0.893. The zero-order chi connectivity index (χ0) is 25.9. The lowest BCUT2D eigenvalue weighted by Crippen LogP contribution is -2.75. The van der Waals surface area contributed by atoms with Crippen LogP contribution in [-0.4, -0.2) is 50.9 Å². The second-order valence-corrected chi connectivity index (χ2v) is 12.4. The third kappa shape index (κ3) is 3.86. The van der Waals surface area contributed by atoms with Crippen LogP contribution in [-0.2, 0) is 4.79 Å². The summed E-state index contributed by atoms with van der Waals surface area (Å²) < 4.78 is 0. The first kappa shape index (κ1) is 27.9. The molecular weight excluding hydrogens is 427 g/mol. The van der Waals surface area contributed by atoms with Crippen LogP contribution in [0.15, 0.2) is 11.6 Å². The molecule has 0 bridgehead atoms. The van der Waals surface area contributed by atoms with E-state index in [9.17, 15) is 25.2 Å². The molecule has 0 amide bonds. The Labute approximate surface area is 207 Å². The van der Waals surface area contributed by atoms with E-state index in [2.05, 4.69) is 13.8 Å². The maximum atomic E-state index is 11.5. The smallest absolute Gasteiger partial charge is 0.195 e. The predicted molar refractivity (Wildman–Crippen MR) is 135 cm³/mol. The summed E-state index contributed by atoms with van der Waals surface area (Å²) in [6.45, 7) is 13.6. The molecule has 3 saturated carbocycles. The lowest BCUT2D eigenvalue weighted by molar-refractivity contribution is -0.331. The molecule has 3 fully saturated rings. The number of aliphatic hydroxyl groups is 4. The van der Waals surface area contributed by atoms with Gasteiger partial charge in [0.1, 0.15) is 19.2 Å². The normalized spacial score (nSPS) is 47.8. The standard InChI is InChI=1S/C26H41BO5.C2H6/c1-15(6-7-16(2)28)18-9-10-19-17-8-11-21-23(4,20(17)12-13-22(18,19)3)14-25(30,31)24(5,29)26(21,27)32;1-2/h11,15,17-20,29-32H,6-10,12-14H2,1-5H3;1-2H3/t15-,17?,18?,19?,20?,22?,23?,24+,26?;/m1./s1. The van der Waals surface area contributed by atoms with E-state index in [1.54, 1.807) is 6.92 Å². The molecule has 2 radical (unpaired) electrons. The molecule has 4 aliphatic rings. The number of rotatable bonds is 4. The summed E-state index contributed by atoms with van der Waals surface area (Å²) >= 11 is 0. The minimum absolute atomic E-state index is 0.0403. The molecule has 0 saturated heterocycles. The van der Waals surface area contributed by atoms with Gasteiger partial charge in [-0.15, -0.1) is 0 Å². The Morgan fingerprint density at radius 2 is 1.71 bits per heavy atom. The van der Waals surface area contributed by atoms with Gasteiger partial charge in [-0.3, -0.25) is 0 Å². The summed E-state index contributed by atoms with van der Waals surface area (Å²) in [6.07, 6.45) is 8.67. The number of Topliss-reactive ketones (excluding diaryl/α,β-unsaturated/α-hetero) is 1. The van der Waals surface area contributed by atoms with Crippen molar-refractivity contribution in [2.24, 2.45) is 40.4 Å². The largest absolute Gasteiger partial charge is 0.392 e. The molecule has 0 heterocycles. The molecule has 192 valence electrons. The van der Waals surface area contributed by atoms with Gasteiger partial charge in [0.05, 0.1) is 5.50 Å². The van der Waals surface area contributed by atoms with Crippen LogP contribution >= 0.6 is 0 Å². The van der Waals surface area contributed by atoms with E-state index in [1.807, 2.05) is 26.8 Å². The van der Waals surface area contributed by atoms with E-state index < -0.39 is 22.3 Å². The van der Waals surface area contributed by atoms with Crippen molar-refractivity contribution in [1.29, 1.82) is 0 Å². The summed E-state index contributed by atoms with van der Waals surface area (Å²) in [6, 6.07) is 0. The van der Waals surface area contributed by atoms with Crippen molar-refractivity contribution in [2.75, 3.05) is 0 Å². The summed E-state index contributed by atoms with van der Waals surface area (Å²) in [5.74, 6) is -0.0156. The number of ketones is 1. The number of allylic oxidation sites excluding steroid dienone is 1. The monoisotopic (exact) mass is 474 g/mol. The maximum Gasteiger partial charge on any atom is 0.195 e. The molecule has 7 unspecified atom stereocenters. The van der Waals surface area contributed by atoms with Gasteiger partial charge in [-0.05, 0) is 98.4 Å². The van der Waals surface area contributed by atoms with Crippen LogP contribution in [0.25, 0.3) is 0 Å². The van der Waals surface area contributed by atoms with Crippen LogP contribution in [0.5, 0.6) is 0 Å². The first-order valence-electron chi connectivity index (χ1n) is 13.5. The average molecular weight is 474 g/mol. The molecule has 9 atom stereocenters. The highest BCUT2D eigenvalue weighted by Gasteiger charge is 2.70. The summed E-state index contributed by atoms with van der Waals surface area (Å²) in [5.41, 5.74) is -4.37. The van der Waals surface area contributed by atoms with Crippen LogP contribution < -0.4 is 0 Å². The summed E-state index contributed by atoms with van der Waals surface area (Å²) in [7, 11) is 6.23. The first-order chi connectivity index (χ1) is 15.6. The van der Waals surface area contributed by atoms with Crippen molar-refractivity contribution in [3.05, 3.63) is 11.6 Å². The van der Waals surface area contributed by atoms with Gasteiger partial charge in [-0.25, -0.2) is 0 Å². The minimum Gasteiger partial charge on any atom is -0.392 e. The molecule has 0 aromatic heterocycles. The average Bonchev–Trinajstić information content (AvgIpc) is 3.09. The Balaban J connectivity index is 0.00000158. The number of carbonyl (C=O) groups excluding carboxylic acids is 1. The van der Waals surface area contributed by atoms with Crippen molar-refractivity contribution in [3.8, 4) is 0 Å². The van der Waals surface area contributed by atoms with E-state index in [1.165, 1.54) is 13.3 Å². The van der Waals surface area contributed by atoms with Gasteiger partial charge in [0, 0.05) is 12.8 Å². The van der Waals surface area contributed by atoms with E-state index >= 15 is 0 Å². The first-order valence-corrected chi connectivity index (χ1v) is 13.5. The Morgan fingerprint density at radius 1 is 1.09 bits per heavy atom. The third-order valence-corrected chi connectivity index (χ3v) is 10.7. The molecule has 0 aromatic carbocycles. The van der Waals surface area contributed by atoms with Gasteiger partial charge in [0.25, 0.3) is 0 Å². The Morgan fingerprint density at radius 3 is 2.29 bits per heavy atom. The molecule has 4 aliphatic carbocycles. The molecule has 0 aliphatic heterocycles. The molecule has 5 nitrogen and oxygen atoms in total. The maximum absolute atomic E-state index is 11.5. The SMILES string of the molecule is CC.[B]C1(O)C2=CCC3C(CCC4(C)C3CCC4[C@H](C)CCC(C)=O)C2(C)CC(O)(O)[C@]1(C)O. The zero-order valence-electron chi connectivity index (χ0n) is 22.4. The van der Waals surface area contributed by atoms with Crippen LogP contribution in [0, 0.1) is 40.4 Å². The lowest BCUT2D eigenvalue weighted by Gasteiger charge is -2.65. The highest BCUT2D eigenvalue weighted by Crippen LogP contribution is 2.69. The topological polar surface area (TPSA) is 98.0 Å². The van der Waals surface area contributed by atoms with Crippen molar-refractivity contribution in [3.63, 3.8) is 0 Å². The fourth-order valence-corrected chi connectivity index (χ4v) is 8.77. The van der Waals surface area contributed by atoms with Crippen molar-refractivity contribution in [2.45, 2.75) is 117 Å². The second-order valence-electron chi connectivity index (χ2n) is 12.4. The summed E-state index contributed by atoms with van der Waals surface area (Å²) in [5, 5.41) is 43.6. The molecule has 4 rings (SSSR count). The van der Waals surface area contributed by atoms with Gasteiger partial charge in [0.15, 0.2) is 5.79 Å². The zero-order valence-corrected chi connectivity index (χ0v) is 22.4. The molecule has 0 spiro atoms. The van der Waals surface area contributed by atoms with Crippen molar-refractivity contribution in [1.82, 2.24) is 0 Å². The minimum atomic E-state index is -2.48. The lowest BCUT2D eigenvalue weighted by atomic mass is 9.40. The Hall–Kier alpha value is -0.685. The third-order valence-electron chi connectivity index (χ3n) is 10.7. The molecule has 6 heteroatoms. The number of hydrogen-bond acceptors (Lipinski definition) is 5. The van der Waals surface area contributed by atoms with E-state index in [0.717, 1.165) is 32.1 Å². The van der Waals surface area contributed by atoms with Crippen molar-refractivity contribution >= 4 is 13.6 Å². The van der Waals surface area contributed by atoms with Crippen LogP contribution in [0.1, 0.15) is 99.8 Å². The predicted octanol–water partition coefficient (Wildman–Crippen LogP) is 4.11.